The van der Waals surface area contributed by atoms with Crippen molar-refractivity contribution in [1.29, 1.82) is 0 Å². The van der Waals surface area contributed by atoms with Gasteiger partial charge in [0.15, 0.2) is 0 Å². The molecule has 0 atom stereocenters. The average Bonchev–Trinajstić information content (AvgIpc) is 2.62. The molecule has 0 amide bonds. The van der Waals surface area contributed by atoms with Gasteiger partial charge in [0.2, 0.25) is 0 Å². The summed E-state index contributed by atoms with van der Waals surface area (Å²) < 4.78 is 16.3. The lowest BCUT2D eigenvalue weighted by atomic mass is 10.2. The summed E-state index contributed by atoms with van der Waals surface area (Å²) in [6.07, 6.45) is 2.01. The van der Waals surface area contributed by atoms with E-state index in [2.05, 4.69) is 27.6 Å². The van der Waals surface area contributed by atoms with Crippen molar-refractivity contribution in [3.05, 3.63) is 58.1 Å². The van der Waals surface area contributed by atoms with Gasteiger partial charge in [-0.1, -0.05) is 19.4 Å². The summed E-state index contributed by atoms with van der Waals surface area (Å²) in [4.78, 5) is 23.8. The molecular weight excluding hydrogens is 388 g/mol. The summed E-state index contributed by atoms with van der Waals surface area (Å²) in [5.74, 6) is -0.0676. The molecule has 0 heterocycles. The van der Waals surface area contributed by atoms with Crippen LogP contribution in [0.15, 0.2) is 46.9 Å². The summed E-state index contributed by atoms with van der Waals surface area (Å²) in [6, 6.07) is 11.3. The Morgan fingerprint density at radius 3 is 2.48 bits per heavy atom. The summed E-state index contributed by atoms with van der Waals surface area (Å²) in [7, 11) is 1.29. The Hall–Kier alpha value is -2.34. The number of unbranched alkanes of at least 4 members (excludes halogenated alkanes) is 1. The summed E-state index contributed by atoms with van der Waals surface area (Å²) in [5.41, 5.74) is 0.687. The second-order valence-electron chi connectivity index (χ2n) is 5.26. The van der Waals surface area contributed by atoms with E-state index in [1.165, 1.54) is 13.2 Å². The normalized spacial score (nSPS) is 10.2. The fraction of sp³-hybridized carbons (Fsp3) is 0.263. The van der Waals surface area contributed by atoms with E-state index >= 15 is 0 Å². The van der Waals surface area contributed by atoms with Crippen molar-refractivity contribution >= 4 is 27.9 Å². The highest BCUT2D eigenvalue weighted by molar-refractivity contribution is 9.10. The van der Waals surface area contributed by atoms with E-state index in [4.69, 9.17) is 9.47 Å². The first-order valence-electron chi connectivity index (χ1n) is 7.88. The third-order valence-electron chi connectivity index (χ3n) is 3.39. The van der Waals surface area contributed by atoms with Crippen molar-refractivity contribution in [2.75, 3.05) is 13.7 Å². The highest BCUT2D eigenvalue weighted by Gasteiger charge is 2.13. The molecular formula is C19H19BrO5. The van der Waals surface area contributed by atoms with Crippen LogP contribution in [0.25, 0.3) is 0 Å². The molecule has 132 valence electrons. The van der Waals surface area contributed by atoms with Gasteiger partial charge in [0, 0.05) is 0 Å². The molecule has 0 saturated carbocycles. The molecule has 0 bridgehead atoms. The Balaban J connectivity index is 2.08. The first-order valence-corrected chi connectivity index (χ1v) is 8.67. The van der Waals surface area contributed by atoms with Crippen LogP contribution in [0.1, 0.15) is 40.5 Å². The van der Waals surface area contributed by atoms with Crippen LogP contribution in [-0.2, 0) is 4.74 Å². The third-order valence-corrected chi connectivity index (χ3v) is 4.01. The van der Waals surface area contributed by atoms with Crippen LogP contribution in [0, 0.1) is 0 Å². The van der Waals surface area contributed by atoms with Crippen LogP contribution in [0.3, 0.4) is 0 Å². The fourth-order valence-electron chi connectivity index (χ4n) is 2.04. The maximum atomic E-state index is 12.3. The molecule has 0 radical (unpaired) electrons. The number of benzene rings is 2. The molecule has 0 spiro atoms. The number of methoxy groups -OCH3 is 1. The predicted octanol–water partition coefficient (Wildman–Crippen LogP) is 4.63. The van der Waals surface area contributed by atoms with E-state index in [0.29, 0.717) is 28.0 Å². The van der Waals surface area contributed by atoms with Crippen molar-refractivity contribution < 1.29 is 23.8 Å². The van der Waals surface area contributed by atoms with Gasteiger partial charge < -0.3 is 14.2 Å². The van der Waals surface area contributed by atoms with Crippen molar-refractivity contribution in [3.8, 4) is 11.5 Å². The maximum absolute atomic E-state index is 12.3. The zero-order chi connectivity index (χ0) is 18.2. The smallest absolute Gasteiger partial charge is 0.343 e. The Labute approximate surface area is 155 Å². The molecule has 25 heavy (non-hydrogen) atoms. The molecule has 0 aliphatic carbocycles. The van der Waals surface area contributed by atoms with E-state index in [1.54, 1.807) is 36.4 Å². The van der Waals surface area contributed by atoms with Crippen LogP contribution < -0.4 is 9.47 Å². The molecule has 0 aliphatic heterocycles. The van der Waals surface area contributed by atoms with E-state index < -0.39 is 11.9 Å². The van der Waals surface area contributed by atoms with Crippen LogP contribution in [0.4, 0.5) is 0 Å². The van der Waals surface area contributed by atoms with Gasteiger partial charge >= 0.3 is 11.9 Å². The number of rotatable bonds is 7. The predicted molar refractivity (Wildman–Crippen MR) is 97.3 cm³/mol. The van der Waals surface area contributed by atoms with E-state index in [9.17, 15) is 9.59 Å². The van der Waals surface area contributed by atoms with Gasteiger partial charge in [-0.3, -0.25) is 0 Å². The quantitative estimate of drug-likeness (QED) is 0.380. The van der Waals surface area contributed by atoms with Gasteiger partial charge in [0.05, 0.1) is 29.3 Å². The number of hydrogen-bond donors (Lipinski definition) is 0. The Bertz CT molecular complexity index is 757. The van der Waals surface area contributed by atoms with Crippen molar-refractivity contribution in [2.45, 2.75) is 19.8 Å². The first kappa shape index (κ1) is 19.0. The van der Waals surface area contributed by atoms with E-state index in [1.807, 2.05) is 0 Å². The lowest BCUT2D eigenvalue weighted by molar-refractivity contribution is 0.0597. The van der Waals surface area contributed by atoms with Crippen molar-refractivity contribution in [3.63, 3.8) is 0 Å². The zero-order valence-electron chi connectivity index (χ0n) is 14.1. The fourth-order valence-corrected chi connectivity index (χ4v) is 2.53. The molecule has 2 aromatic carbocycles. The molecule has 6 heteroatoms. The second-order valence-corrected chi connectivity index (χ2v) is 6.11. The highest BCUT2D eigenvalue weighted by Crippen LogP contribution is 2.27. The minimum atomic E-state index is -0.525. The number of halogens is 1. The van der Waals surface area contributed by atoms with Crippen LogP contribution >= 0.6 is 15.9 Å². The molecule has 0 saturated heterocycles. The Kier molecular flexibility index (Phi) is 7.01. The summed E-state index contributed by atoms with van der Waals surface area (Å²) >= 11 is 3.40. The lowest BCUT2D eigenvalue weighted by Crippen LogP contribution is -2.09. The van der Waals surface area contributed by atoms with Crippen LogP contribution in [0.5, 0.6) is 11.5 Å². The molecule has 0 unspecified atom stereocenters. The van der Waals surface area contributed by atoms with Gasteiger partial charge in [-0.05, 0) is 58.7 Å². The van der Waals surface area contributed by atoms with Gasteiger partial charge in [-0.25, -0.2) is 9.59 Å². The number of hydrogen-bond acceptors (Lipinski definition) is 5. The van der Waals surface area contributed by atoms with Gasteiger partial charge in [0.25, 0.3) is 0 Å². The van der Waals surface area contributed by atoms with Crippen LogP contribution in [0.2, 0.25) is 0 Å². The van der Waals surface area contributed by atoms with E-state index in [-0.39, 0.29) is 5.75 Å². The van der Waals surface area contributed by atoms with Gasteiger partial charge in [-0.2, -0.15) is 0 Å². The number of carbonyl (C=O) groups excluding carboxylic acids is 2. The molecule has 2 rings (SSSR count). The number of esters is 2. The van der Waals surface area contributed by atoms with Crippen molar-refractivity contribution in [2.24, 2.45) is 0 Å². The Morgan fingerprint density at radius 2 is 1.80 bits per heavy atom. The number of carbonyl (C=O) groups is 2. The van der Waals surface area contributed by atoms with Crippen LogP contribution in [-0.4, -0.2) is 25.7 Å². The second kappa shape index (κ2) is 9.22. The van der Waals surface area contributed by atoms with Gasteiger partial charge in [-0.15, -0.1) is 0 Å². The topological polar surface area (TPSA) is 61.8 Å². The van der Waals surface area contributed by atoms with E-state index in [0.717, 1.165) is 12.8 Å². The molecule has 0 N–H and O–H groups in total. The monoisotopic (exact) mass is 406 g/mol. The van der Waals surface area contributed by atoms with Crippen molar-refractivity contribution in [1.82, 2.24) is 0 Å². The summed E-state index contributed by atoms with van der Waals surface area (Å²) in [6.45, 7) is 2.71. The zero-order valence-corrected chi connectivity index (χ0v) is 15.7. The molecule has 0 aliphatic rings. The highest BCUT2D eigenvalue weighted by atomic mass is 79.9. The maximum Gasteiger partial charge on any atom is 0.343 e. The molecule has 0 aromatic heterocycles. The largest absolute Gasteiger partial charge is 0.492 e. The SMILES string of the molecule is CCCCOc1ccc(C(=O)Oc2cccc(C(=O)OC)c2)cc1Br. The first-order chi connectivity index (χ1) is 12.0. The van der Waals surface area contributed by atoms with Gasteiger partial charge in [0.1, 0.15) is 11.5 Å². The summed E-state index contributed by atoms with van der Waals surface area (Å²) in [5, 5.41) is 0. The Morgan fingerprint density at radius 1 is 1.04 bits per heavy atom. The average molecular weight is 407 g/mol. The minimum absolute atomic E-state index is 0.271. The molecule has 5 nitrogen and oxygen atoms in total. The molecule has 2 aromatic rings. The standard InChI is InChI=1S/C19H19BrO5/c1-3-4-10-24-17-9-8-14(12-16(17)20)19(22)25-15-7-5-6-13(11-15)18(21)23-2/h5-9,11-12H,3-4,10H2,1-2H3. The lowest BCUT2D eigenvalue weighted by Gasteiger charge is -2.10. The molecule has 0 fully saturated rings. The number of ether oxygens (including phenoxy) is 3. The minimum Gasteiger partial charge on any atom is -0.492 e. The third kappa shape index (κ3) is 5.32.